The molecule has 0 amide bonds. The molecule has 2 rings (SSSR count). The second-order valence-electron chi connectivity index (χ2n) is 9.77. The van der Waals surface area contributed by atoms with E-state index in [4.69, 9.17) is 18.6 Å². The van der Waals surface area contributed by atoms with E-state index in [0.717, 1.165) is 39.0 Å². The van der Waals surface area contributed by atoms with Crippen molar-refractivity contribution in [3.05, 3.63) is 35.9 Å². The minimum atomic E-state index is -4.94. The van der Waals surface area contributed by atoms with Crippen molar-refractivity contribution in [2.45, 2.75) is 77.5 Å². The molecule has 6 N–H and O–H groups in total. The summed E-state index contributed by atoms with van der Waals surface area (Å²) in [5.74, 6) is -1.13. The molecule has 13 heteroatoms. The molecule has 11 nitrogen and oxygen atoms in total. The SMILES string of the molecule is C[C@H]1CC(C)(C)NCCN[C@@H](C)CC(C)(C)NCCN1.O.O=C([O-])c1ccccc1.[Ni+2].[O-][Cl+3]([O-])([O-])[O-]. The van der Waals surface area contributed by atoms with Crippen molar-refractivity contribution >= 4 is 5.97 Å². The van der Waals surface area contributed by atoms with Crippen molar-refractivity contribution < 1.29 is 60.7 Å². The van der Waals surface area contributed by atoms with Crippen molar-refractivity contribution in [3.8, 4) is 0 Å². The van der Waals surface area contributed by atoms with Gasteiger partial charge >= 0.3 is 16.5 Å². The van der Waals surface area contributed by atoms with E-state index in [-0.39, 0.29) is 38.6 Å². The summed E-state index contributed by atoms with van der Waals surface area (Å²) in [7, 11) is -4.94. The molecule has 36 heavy (non-hydrogen) atoms. The fourth-order valence-electron chi connectivity index (χ4n) is 3.83. The summed E-state index contributed by atoms with van der Waals surface area (Å²) >= 11 is 0. The van der Waals surface area contributed by atoms with Crippen LogP contribution in [-0.2, 0) is 16.5 Å². The van der Waals surface area contributed by atoms with E-state index in [9.17, 15) is 9.90 Å². The minimum Gasteiger partial charge on any atom is -0.545 e. The second-order valence-corrected chi connectivity index (χ2v) is 10.5. The van der Waals surface area contributed by atoms with Gasteiger partial charge in [0.2, 0.25) is 0 Å². The number of nitrogens with one attached hydrogen (secondary N) is 4. The average Bonchev–Trinajstić information content (AvgIpc) is 2.67. The summed E-state index contributed by atoms with van der Waals surface area (Å²) in [6.07, 6.45) is 2.29. The number of carboxylic acid groups (broad SMARTS) is 1. The number of rotatable bonds is 1. The number of carbonyl (C=O) groups is 1. The Balaban J connectivity index is -0.000000565. The van der Waals surface area contributed by atoms with Crippen LogP contribution in [0.5, 0.6) is 0 Å². The van der Waals surface area contributed by atoms with E-state index < -0.39 is 16.2 Å². The van der Waals surface area contributed by atoms with Crippen LogP contribution >= 0.6 is 0 Å². The molecule has 1 saturated heterocycles. The molecular formula is C23H43ClN4NiO7. The number of aromatic carboxylic acids is 1. The van der Waals surface area contributed by atoms with Gasteiger partial charge in [0.1, 0.15) is 0 Å². The number of halogens is 1. The maximum absolute atomic E-state index is 10.1. The number of hydrogen-bond donors (Lipinski definition) is 4. The zero-order valence-corrected chi connectivity index (χ0v) is 23.7. The molecule has 0 radical (unpaired) electrons. The van der Waals surface area contributed by atoms with Crippen LogP contribution < -0.4 is 45.0 Å². The summed E-state index contributed by atoms with van der Waals surface area (Å²) in [6, 6.07) is 9.14. The Kier molecular flexibility index (Phi) is 21.2. The molecule has 0 aromatic heterocycles. The van der Waals surface area contributed by atoms with Gasteiger partial charge in [0.15, 0.2) is 0 Å². The predicted molar refractivity (Wildman–Crippen MR) is 123 cm³/mol. The summed E-state index contributed by atoms with van der Waals surface area (Å²) in [4.78, 5) is 10.1. The number of carbonyl (C=O) groups excluding carboxylic acids is 1. The maximum atomic E-state index is 10.1. The summed E-state index contributed by atoms with van der Waals surface area (Å²) in [5.41, 5.74) is 0.597. The van der Waals surface area contributed by atoms with Gasteiger partial charge in [0.05, 0.1) is 5.97 Å². The van der Waals surface area contributed by atoms with Gasteiger partial charge in [0.25, 0.3) is 0 Å². The first-order valence-corrected chi connectivity index (χ1v) is 12.6. The van der Waals surface area contributed by atoms with Crippen molar-refractivity contribution in [1.29, 1.82) is 0 Å². The summed E-state index contributed by atoms with van der Waals surface area (Å²) < 4.78 is 34.0. The first kappa shape index (κ1) is 39.6. The predicted octanol–water partition coefficient (Wildman–Crippen LogP) is -4.06. The molecule has 214 valence electrons. The average molecular weight is 582 g/mol. The Bertz CT molecular complexity index is 661. The maximum Gasteiger partial charge on any atom is 2.00 e. The third-order valence-corrected chi connectivity index (χ3v) is 5.09. The molecule has 0 aliphatic carbocycles. The Labute approximate surface area is 227 Å². The third kappa shape index (κ3) is 24.8. The second kappa shape index (κ2) is 19.2. The number of carboxylic acids is 1. The van der Waals surface area contributed by atoms with Gasteiger partial charge in [0, 0.05) is 49.3 Å². The van der Waals surface area contributed by atoms with Crippen LogP contribution in [0.25, 0.3) is 0 Å². The Morgan fingerprint density at radius 1 is 0.806 bits per heavy atom. The number of benzene rings is 1. The summed E-state index contributed by atoms with van der Waals surface area (Å²) in [5, 5.41) is 24.7. The van der Waals surface area contributed by atoms with Gasteiger partial charge in [-0.3, -0.25) is 0 Å². The van der Waals surface area contributed by atoms with Crippen LogP contribution in [0, 0.1) is 10.2 Å². The van der Waals surface area contributed by atoms with Crippen LogP contribution in [-0.4, -0.2) is 60.8 Å². The molecule has 0 saturated carbocycles. The van der Waals surface area contributed by atoms with E-state index in [1.54, 1.807) is 18.2 Å². The molecule has 1 aliphatic rings. The first-order valence-electron chi connectivity index (χ1n) is 11.4. The van der Waals surface area contributed by atoms with Crippen molar-refractivity contribution in [2.75, 3.05) is 26.2 Å². The zero-order valence-electron chi connectivity index (χ0n) is 21.9. The summed E-state index contributed by atoms with van der Waals surface area (Å²) in [6.45, 7) is 17.8. The van der Waals surface area contributed by atoms with Crippen molar-refractivity contribution in [3.63, 3.8) is 0 Å². The first-order chi connectivity index (χ1) is 15.5. The number of hydrogen-bond acceptors (Lipinski definition) is 10. The quantitative estimate of drug-likeness (QED) is 0.236. The van der Waals surface area contributed by atoms with Crippen LogP contribution in [0.4, 0.5) is 0 Å². The van der Waals surface area contributed by atoms with E-state index in [1.807, 2.05) is 0 Å². The van der Waals surface area contributed by atoms with Gasteiger partial charge in [-0.1, -0.05) is 30.3 Å². The molecule has 1 aliphatic heterocycles. The molecule has 0 bridgehead atoms. The molecule has 1 heterocycles. The topological polar surface area (TPSA) is 212 Å². The molecule has 0 spiro atoms. The molecule has 2 atom stereocenters. The van der Waals surface area contributed by atoms with Crippen LogP contribution in [0.3, 0.4) is 0 Å². The standard InChI is InChI=1S/C16H36N4.C7H6O2.ClHO4.Ni.H2O/c1-13-11-15(3,4)19-10-8-18-14(2)12-16(5,6)20-9-7-17-13;8-7(9)6-4-2-1-3-5-6;2-1(3,4)5;;/h13-14,17-20H,7-12H2,1-6H3;1-5H,(H,8,9);(H,2,3,4,5);;1H2/q;;;+2;/p-2/t13-,14-;;;;/m0..../s1. The van der Waals surface area contributed by atoms with Gasteiger partial charge < -0.3 is 36.6 Å². The third-order valence-electron chi connectivity index (χ3n) is 5.09. The normalized spacial score (nSPS) is 22.4. The largest absolute Gasteiger partial charge is 2.00 e. The molecule has 1 aromatic rings. The molecule has 0 unspecified atom stereocenters. The van der Waals surface area contributed by atoms with E-state index in [1.165, 1.54) is 12.1 Å². The smallest absolute Gasteiger partial charge is 0.545 e. The Morgan fingerprint density at radius 2 is 1.14 bits per heavy atom. The molecule has 1 aromatic carbocycles. The van der Waals surface area contributed by atoms with Crippen LogP contribution in [0.1, 0.15) is 64.7 Å². The van der Waals surface area contributed by atoms with Gasteiger partial charge in [-0.15, -0.1) is 10.2 Å². The minimum absolute atomic E-state index is 0. The Hall–Kier alpha value is -0.886. The van der Waals surface area contributed by atoms with E-state index in [2.05, 4.69) is 62.8 Å². The monoisotopic (exact) mass is 580 g/mol. The zero-order chi connectivity index (χ0) is 26.4. The van der Waals surface area contributed by atoms with Gasteiger partial charge in [-0.05, 0) is 59.9 Å². The molecular weight excluding hydrogens is 538 g/mol. The fraction of sp³-hybridized carbons (Fsp3) is 0.696. The van der Waals surface area contributed by atoms with Gasteiger partial charge in [-0.25, -0.2) is 18.6 Å². The fourth-order valence-corrected chi connectivity index (χ4v) is 3.83. The Morgan fingerprint density at radius 3 is 1.42 bits per heavy atom. The van der Waals surface area contributed by atoms with E-state index >= 15 is 0 Å². The van der Waals surface area contributed by atoms with Crippen LogP contribution in [0.15, 0.2) is 30.3 Å². The molecule has 1 fully saturated rings. The van der Waals surface area contributed by atoms with Gasteiger partial charge in [-0.2, -0.15) is 0 Å². The van der Waals surface area contributed by atoms with Crippen LogP contribution in [0.2, 0.25) is 0 Å². The van der Waals surface area contributed by atoms with Crippen molar-refractivity contribution in [1.82, 2.24) is 21.3 Å². The van der Waals surface area contributed by atoms with Crippen molar-refractivity contribution in [2.24, 2.45) is 0 Å². The van der Waals surface area contributed by atoms with E-state index in [0.29, 0.717) is 12.1 Å².